The first kappa shape index (κ1) is 30.5. The molecule has 240 valence electrons. The lowest BCUT2D eigenvalue weighted by Crippen LogP contribution is -2.46. The van der Waals surface area contributed by atoms with Crippen molar-refractivity contribution >= 4 is 52.4 Å². The molecule has 2 aromatic carbocycles. The van der Waals surface area contributed by atoms with E-state index in [9.17, 15) is 24.0 Å². The molecule has 3 saturated carbocycles. The monoisotopic (exact) mass is 645 g/mol. The van der Waals surface area contributed by atoms with E-state index >= 15 is 0 Å². The third-order valence-electron chi connectivity index (χ3n) is 9.48. The van der Waals surface area contributed by atoms with Crippen molar-refractivity contribution in [3.8, 4) is 11.1 Å². The summed E-state index contributed by atoms with van der Waals surface area (Å²) in [7, 11) is 0. The number of nitrogens with zero attached hydrogens (tertiary/aromatic N) is 3. The molecule has 7 rings (SSSR count). The fraction of sp³-hybridized carbons (Fsp3) is 0.500. The molecule has 46 heavy (non-hydrogen) atoms. The second kappa shape index (κ2) is 11.6. The van der Waals surface area contributed by atoms with Gasteiger partial charge in [-0.3, -0.25) is 19.3 Å². The highest BCUT2D eigenvalue weighted by atomic mass is 32.1. The van der Waals surface area contributed by atoms with Gasteiger partial charge in [0.1, 0.15) is 22.7 Å². The first-order valence-corrected chi connectivity index (χ1v) is 16.5. The number of likely N-dealkylation sites (tertiary alicyclic amines) is 1. The second-order valence-corrected chi connectivity index (χ2v) is 14.4. The summed E-state index contributed by atoms with van der Waals surface area (Å²) in [5, 5.41) is 0. The third kappa shape index (κ3) is 6.02. The number of carbonyl (C=O) groups is 5. The summed E-state index contributed by atoms with van der Waals surface area (Å²) in [6.45, 7) is 4.53. The molecule has 1 saturated heterocycles. The Labute approximate surface area is 269 Å². The maximum absolute atomic E-state index is 13.2. The summed E-state index contributed by atoms with van der Waals surface area (Å²) < 4.78 is 25.0. The van der Waals surface area contributed by atoms with Gasteiger partial charge in [-0.1, -0.05) is 30.3 Å². The molecule has 3 aliphatic carbocycles. The minimum atomic E-state index is -0.783. The molecular weight excluding hydrogens is 610 g/mol. The molecule has 11 nitrogen and oxygen atoms in total. The van der Waals surface area contributed by atoms with E-state index in [1.165, 1.54) is 11.3 Å². The molecule has 0 N–H and O–H groups in total. The number of ketones is 2. The average Bonchev–Trinajstić information content (AvgIpc) is 3.74. The number of carbonyl (C=O) groups excluding carboxylic acids is 5. The molecule has 0 bridgehead atoms. The topological polar surface area (TPSA) is 142 Å². The van der Waals surface area contributed by atoms with E-state index in [1.807, 2.05) is 0 Å². The zero-order chi connectivity index (χ0) is 32.3. The number of rotatable bonds is 9. The van der Waals surface area contributed by atoms with Gasteiger partial charge in [-0.15, -0.1) is 0 Å². The number of esters is 2. The third-order valence-corrected chi connectivity index (χ3v) is 10.0. The summed E-state index contributed by atoms with van der Waals surface area (Å²) in [5.74, 6) is -0.135. The Morgan fingerprint density at radius 3 is 2.17 bits per heavy atom. The van der Waals surface area contributed by atoms with Gasteiger partial charge >= 0.3 is 18.0 Å². The van der Waals surface area contributed by atoms with Crippen molar-refractivity contribution in [2.75, 3.05) is 13.2 Å². The maximum atomic E-state index is 13.2. The molecule has 0 spiro atoms. The van der Waals surface area contributed by atoms with Crippen molar-refractivity contribution in [2.24, 2.45) is 23.7 Å². The quantitative estimate of drug-likeness (QED) is 0.172. The molecular formula is C34H35N3O8S. The Hall–Kier alpha value is -4.19. The smallest absolute Gasteiger partial charge is 0.411 e. The van der Waals surface area contributed by atoms with Gasteiger partial charge < -0.3 is 14.2 Å². The number of hydrogen-bond acceptors (Lipinski definition) is 11. The molecule has 0 radical (unpaired) electrons. The Morgan fingerprint density at radius 2 is 1.46 bits per heavy atom. The van der Waals surface area contributed by atoms with Crippen molar-refractivity contribution < 1.29 is 38.2 Å². The normalized spacial score (nSPS) is 25.8. The van der Waals surface area contributed by atoms with Crippen LogP contribution in [0.2, 0.25) is 0 Å². The van der Waals surface area contributed by atoms with Crippen LogP contribution in [0.25, 0.3) is 22.2 Å². The van der Waals surface area contributed by atoms with Gasteiger partial charge in [0.25, 0.3) is 0 Å². The number of aromatic nitrogens is 2. The summed E-state index contributed by atoms with van der Waals surface area (Å²) in [5.41, 5.74) is 2.39. The van der Waals surface area contributed by atoms with Gasteiger partial charge in [0.2, 0.25) is 5.78 Å². The van der Waals surface area contributed by atoms with Crippen LogP contribution in [0.5, 0.6) is 0 Å². The van der Waals surface area contributed by atoms with Gasteiger partial charge in [-0.25, -0.2) is 9.59 Å². The van der Waals surface area contributed by atoms with Crippen LogP contribution in [0, 0.1) is 23.7 Å². The first-order chi connectivity index (χ1) is 22.0. The lowest BCUT2D eigenvalue weighted by atomic mass is 9.98. The van der Waals surface area contributed by atoms with E-state index < -0.39 is 36.1 Å². The van der Waals surface area contributed by atoms with Crippen molar-refractivity contribution in [1.82, 2.24) is 13.6 Å². The van der Waals surface area contributed by atoms with Crippen LogP contribution < -0.4 is 0 Å². The highest BCUT2D eigenvalue weighted by Gasteiger charge is 2.57. The van der Waals surface area contributed by atoms with Gasteiger partial charge in [-0.05, 0) is 82.3 Å². The van der Waals surface area contributed by atoms with Crippen molar-refractivity contribution in [3.05, 3.63) is 47.5 Å². The molecule has 1 aromatic heterocycles. The standard InChI is InChI=1S/C34H35N3O8S/c1-34(2,3)45-33(42)37-25-13-21(25)14-26(37)32(41)44-16-28(39)24-9-8-23(29-30(24)36-46-35-29)17-4-6-18(7-5-17)27(38)15-43-31(40)22-11-19-10-20(19)12-22/h4-9,19-22,25-26H,10-16H2,1-3H3/t19-,20+,21-,22-,25-,26+/m1/s1. The van der Waals surface area contributed by atoms with Crippen LogP contribution in [0.3, 0.4) is 0 Å². The fourth-order valence-electron chi connectivity index (χ4n) is 6.96. The van der Waals surface area contributed by atoms with Crippen molar-refractivity contribution in [1.29, 1.82) is 0 Å². The van der Waals surface area contributed by atoms with Crippen LogP contribution in [0.15, 0.2) is 36.4 Å². The predicted octanol–water partition coefficient (Wildman–Crippen LogP) is 5.25. The van der Waals surface area contributed by atoms with Crippen LogP contribution in [-0.2, 0) is 23.8 Å². The highest BCUT2D eigenvalue weighted by Crippen LogP contribution is 2.54. The number of Topliss-reactive ketones (excluding diaryl/α,β-unsaturated/α-hetero) is 2. The van der Waals surface area contributed by atoms with E-state index in [4.69, 9.17) is 14.2 Å². The van der Waals surface area contributed by atoms with Gasteiger partial charge in [0.15, 0.2) is 19.0 Å². The molecule has 12 heteroatoms. The Morgan fingerprint density at radius 1 is 0.783 bits per heavy atom. The summed E-state index contributed by atoms with van der Waals surface area (Å²) >= 11 is 0.961. The van der Waals surface area contributed by atoms with Crippen LogP contribution in [-0.4, -0.2) is 74.1 Å². The van der Waals surface area contributed by atoms with E-state index in [-0.39, 0.29) is 41.8 Å². The summed E-state index contributed by atoms with van der Waals surface area (Å²) in [6.07, 6.45) is 3.73. The van der Waals surface area contributed by atoms with E-state index in [2.05, 4.69) is 8.75 Å². The van der Waals surface area contributed by atoms with Crippen LogP contribution in [0.4, 0.5) is 4.79 Å². The molecule has 6 atom stereocenters. The minimum absolute atomic E-state index is 0.0342. The number of hydrogen-bond donors (Lipinski definition) is 0. The zero-order valence-electron chi connectivity index (χ0n) is 25.9. The Balaban J connectivity index is 0.976. The molecule has 4 fully saturated rings. The van der Waals surface area contributed by atoms with E-state index in [1.54, 1.807) is 57.2 Å². The number of ether oxygens (including phenoxy) is 3. The predicted molar refractivity (Wildman–Crippen MR) is 166 cm³/mol. The van der Waals surface area contributed by atoms with Gasteiger partial charge in [0, 0.05) is 17.2 Å². The van der Waals surface area contributed by atoms with Gasteiger partial charge in [0.05, 0.1) is 23.2 Å². The summed E-state index contributed by atoms with van der Waals surface area (Å²) in [4.78, 5) is 65.5. The first-order valence-electron chi connectivity index (χ1n) is 15.7. The number of piperidine rings is 1. The lowest BCUT2D eigenvalue weighted by molar-refractivity contribution is -0.148. The average molecular weight is 646 g/mol. The number of benzene rings is 2. The highest BCUT2D eigenvalue weighted by molar-refractivity contribution is 7.00. The Kier molecular flexibility index (Phi) is 7.65. The number of fused-ring (bicyclic) bond motifs is 3. The minimum Gasteiger partial charge on any atom is -0.457 e. The van der Waals surface area contributed by atoms with E-state index in [0.29, 0.717) is 34.9 Å². The number of amides is 1. The molecule has 2 heterocycles. The van der Waals surface area contributed by atoms with E-state index in [0.717, 1.165) is 42.1 Å². The summed E-state index contributed by atoms with van der Waals surface area (Å²) in [6, 6.07) is 9.46. The molecule has 1 aliphatic heterocycles. The second-order valence-electron chi connectivity index (χ2n) is 13.9. The molecule has 3 aromatic rings. The van der Waals surface area contributed by atoms with Crippen molar-refractivity contribution in [3.63, 3.8) is 0 Å². The van der Waals surface area contributed by atoms with Crippen LogP contribution >= 0.6 is 11.7 Å². The molecule has 0 unspecified atom stereocenters. The van der Waals surface area contributed by atoms with Gasteiger partial charge in [-0.2, -0.15) is 8.75 Å². The molecule has 4 aliphatic rings. The van der Waals surface area contributed by atoms with Crippen molar-refractivity contribution in [2.45, 2.75) is 70.6 Å². The lowest BCUT2D eigenvalue weighted by Gasteiger charge is -2.29. The SMILES string of the molecule is CC(C)(C)OC(=O)N1[C@@H]2C[C@@H]2C[C@H]1C(=O)OCC(=O)c1ccc(-c2ccc(C(=O)COC(=O)[C@H]3C[C@@H]4C[C@@H]4C3)cc2)c2nsnc12. The fourth-order valence-corrected chi connectivity index (χ4v) is 7.53. The maximum Gasteiger partial charge on any atom is 0.411 e. The zero-order valence-corrected chi connectivity index (χ0v) is 26.7. The largest absolute Gasteiger partial charge is 0.457 e. The Bertz CT molecular complexity index is 1730. The van der Waals surface area contributed by atoms with Crippen LogP contribution in [0.1, 0.15) is 73.6 Å². The molecule has 1 amide bonds.